The van der Waals surface area contributed by atoms with Crippen LogP contribution in [0.15, 0.2) is 0 Å². The van der Waals surface area contributed by atoms with Crippen molar-refractivity contribution in [2.75, 3.05) is 0 Å². The second-order valence-electron chi connectivity index (χ2n) is 4.58. The molecule has 85 valence electrons. The zero-order valence-corrected chi connectivity index (χ0v) is 10.6. The van der Waals surface area contributed by atoms with Crippen LogP contribution in [0.25, 0.3) is 0 Å². The van der Waals surface area contributed by atoms with Crippen molar-refractivity contribution in [1.82, 2.24) is 0 Å². The zero-order chi connectivity index (χ0) is 10.6. The molecule has 0 heteroatoms. The van der Waals surface area contributed by atoms with Crippen LogP contribution in [0.3, 0.4) is 0 Å². The van der Waals surface area contributed by atoms with Crippen molar-refractivity contribution >= 4 is 0 Å². The molecule has 0 aromatic carbocycles. The minimum absolute atomic E-state index is 1.32. The summed E-state index contributed by atoms with van der Waals surface area (Å²) in [4.78, 5) is 0. The third-order valence-corrected chi connectivity index (χ3v) is 2.88. The lowest BCUT2D eigenvalue weighted by molar-refractivity contribution is 0.569. The maximum atomic E-state index is 2.32. The molecule has 0 aliphatic heterocycles. The second-order valence-corrected chi connectivity index (χ2v) is 4.58. The summed E-state index contributed by atoms with van der Waals surface area (Å²) >= 11 is 0. The number of hydrogen-bond donors (Lipinski definition) is 0. The van der Waals surface area contributed by atoms with Crippen molar-refractivity contribution in [2.24, 2.45) is 0 Å². The van der Waals surface area contributed by atoms with E-state index in [0.29, 0.717) is 0 Å². The van der Waals surface area contributed by atoms with Gasteiger partial charge in [0.2, 0.25) is 0 Å². The summed E-state index contributed by atoms with van der Waals surface area (Å²) in [5, 5.41) is 0. The summed E-state index contributed by atoms with van der Waals surface area (Å²) in [6.07, 6.45) is 14.1. The largest absolute Gasteiger partial charge is 0.0654 e. The molecule has 0 bridgehead atoms. The van der Waals surface area contributed by atoms with E-state index in [0.717, 1.165) is 0 Å². The third kappa shape index (κ3) is 10.1. The Bertz CT molecular complexity index is 96.2. The average Bonchev–Trinajstić information content (AvgIpc) is 2.17. The Morgan fingerprint density at radius 1 is 0.643 bits per heavy atom. The summed E-state index contributed by atoms with van der Waals surface area (Å²) in [6.45, 7) is 6.87. The van der Waals surface area contributed by atoms with E-state index in [9.17, 15) is 0 Å². The van der Waals surface area contributed by atoms with Gasteiger partial charge in [-0.15, -0.1) is 0 Å². The molecule has 0 rings (SSSR count). The number of rotatable bonds is 10. The molecule has 0 spiro atoms. The summed E-state index contributed by atoms with van der Waals surface area (Å²) < 4.78 is 0. The fourth-order valence-electron chi connectivity index (χ4n) is 1.94. The van der Waals surface area contributed by atoms with Crippen LogP contribution in [0.4, 0.5) is 0 Å². The lowest BCUT2D eigenvalue weighted by atomic mass is 9.98. The summed E-state index contributed by atoms with van der Waals surface area (Å²) in [5.41, 5.74) is 0. The fraction of sp³-hybridized carbons (Fsp3) is 0.929. The van der Waals surface area contributed by atoms with Crippen LogP contribution in [0.2, 0.25) is 0 Å². The molecule has 14 heavy (non-hydrogen) atoms. The third-order valence-electron chi connectivity index (χ3n) is 2.88. The predicted molar refractivity (Wildman–Crippen MR) is 66.4 cm³/mol. The van der Waals surface area contributed by atoms with Gasteiger partial charge in [0, 0.05) is 0 Å². The van der Waals surface area contributed by atoms with Crippen LogP contribution in [-0.4, -0.2) is 0 Å². The first-order chi connectivity index (χ1) is 6.81. The molecule has 0 fully saturated rings. The van der Waals surface area contributed by atoms with Gasteiger partial charge in [-0.3, -0.25) is 0 Å². The van der Waals surface area contributed by atoms with Crippen molar-refractivity contribution in [3.63, 3.8) is 0 Å². The first-order valence-electron chi connectivity index (χ1n) is 6.62. The highest BCUT2D eigenvalue weighted by atomic mass is 14.1. The zero-order valence-electron chi connectivity index (χ0n) is 10.6. The predicted octanol–water partition coefficient (Wildman–Crippen LogP) is 5.52. The van der Waals surface area contributed by atoms with E-state index in [4.69, 9.17) is 0 Å². The van der Waals surface area contributed by atoms with Crippen LogP contribution in [-0.2, 0) is 0 Å². The van der Waals surface area contributed by atoms with Gasteiger partial charge in [-0.1, -0.05) is 72.1 Å². The van der Waals surface area contributed by atoms with E-state index >= 15 is 0 Å². The molecule has 0 N–H and O–H groups in total. The maximum Gasteiger partial charge on any atom is -0.0272 e. The SMILES string of the molecule is CCCCCCCCC[C](C)CCC. The monoisotopic (exact) mass is 197 g/mol. The van der Waals surface area contributed by atoms with Crippen molar-refractivity contribution in [1.29, 1.82) is 0 Å². The highest BCUT2D eigenvalue weighted by Gasteiger charge is 2.00. The van der Waals surface area contributed by atoms with E-state index in [1.54, 1.807) is 5.92 Å². The van der Waals surface area contributed by atoms with E-state index in [1.165, 1.54) is 64.2 Å². The lowest BCUT2D eigenvalue weighted by Gasteiger charge is -2.08. The molecule has 0 aromatic rings. The van der Waals surface area contributed by atoms with Gasteiger partial charge in [0.15, 0.2) is 0 Å². The standard InChI is InChI=1S/C14H29/c1-4-6-7-8-9-10-11-13-14(3)12-5-2/h4-13H2,1-3H3. The Morgan fingerprint density at radius 3 is 1.79 bits per heavy atom. The van der Waals surface area contributed by atoms with Gasteiger partial charge in [-0.05, 0) is 18.8 Å². The first-order valence-corrected chi connectivity index (χ1v) is 6.62. The van der Waals surface area contributed by atoms with Crippen LogP contribution in [0, 0.1) is 5.92 Å². The second kappa shape index (κ2) is 11.1. The van der Waals surface area contributed by atoms with Gasteiger partial charge in [0.05, 0.1) is 0 Å². The lowest BCUT2D eigenvalue weighted by Crippen LogP contribution is -1.91. The van der Waals surface area contributed by atoms with Crippen molar-refractivity contribution in [3.8, 4) is 0 Å². The average molecular weight is 197 g/mol. The van der Waals surface area contributed by atoms with Crippen molar-refractivity contribution < 1.29 is 0 Å². The molecule has 0 aliphatic carbocycles. The molecule has 0 aliphatic rings. The van der Waals surface area contributed by atoms with Crippen LogP contribution >= 0.6 is 0 Å². The van der Waals surface area contributed by atoms with Gasteiger partial charge in [-0.25, -0.2) is 0 Å². The van der Waals surface area contributed by atoms with E-state index in [-0.39, 0.29) is 0 Å². The van der Waals surface area contributed by atoms with Gasteiger partial charge in [-0.2, -0.15) is 0 Å². The molecular weight excluding hydrogens is 168 g/mol. The van der Waals surface area contributed by atoms with Gasteiger partial charge >= 0.3 is 0 Å². The summed E-state index contributed by atoms with van der Waals surface area (Å²) in [7, 11) is 0. The van der Waals surface area contributed by atoms with E-state index in [2.05, 4.69) is 20.8 Å². The van der Waals surface area contributed by atoms with Gasteiger partial charge in [0.1, 0.15) is 0 Å². The molecule has 0 heterocycles. The molecular formula is C14H29. The normalized spacial score (nSPS) is 11.1. The Kier molecular flexibility index (Phi) is 11.1. The number of unbranched alkanes of at least 4 members (excludes halogenated alkanes) is 6. The Labute approximate surface area is 91.5 Å². The molecule has 1 radical (unpaired) electrons. The fourth-order valence-corrected chi connectivity index (χ4v) is 1.94. The summed E-state index contributed by atoms with van der Waals surface area (Å²) in [5.74, 6) is 1.71. The topological polar surface area (TPSA) is 0 Å². The highest BCUT2D eigenvalue weighted by Crippen LogP contribution is 2.17. The molecule has 0 aromatic heterocycles. The van der Waals surface area contributed by atoms with Crippen LogP contribution < -0.4 is 0 Å². The smallest absolute Gasteiger partial charge is 0.0272 e. The first kappa shape index (κ1) is 14.0. The molecule has 0 saturated carbocycles. The number of hydrogen-bond acceptors (Lipinski definition) is 0. The van der Waals surface area contributed by atoms with E-state index < -0.39 is 0 Å². The minimum Gasteiger partial charge on any atom is -0.0654 e. The van der Waals surface area contributed by atoms with Gasteiger partial charge in [0.25, 0.3) is 0 Å². The van der Waals surface area contributed by atoms with Crippen molar-refractivity contribution in [2.45, 2.75) is 85.0 Å². The molecule has 0 amide bonds. The molecule has 0 unspecified atom stereocenters. The Balaban J connectivity index is 2.98. The van der Waals surface area contributed by atoms with Crippen molar-refractivity contribution in [3.05, 3.63) is 5.92 Å². The van der Waals surface area contributed by atoms with Crippen LogP contribution in [0.5, 0.6) is 0 Å². The quantitative estimate of drug-likeness (QED) is 0.404. The molecule has 0 saturated heterocycles. The Morgan fingerprint density at radius 2 is 1.21 bits per heavy atom. The van der Waals surface area contributed by atoms with Gasteiger partial charge < -0.3 is 0 Å². The van der Waals surface area contributed by atoms with E-state index in [1.807, 2.05) is 0 Å². The molecule has 0 atom stereocenters. The minimum atomic E-state index is 1.32. The Hall–Kier alpha value is 0. The molecule has 0 nitrogen and oxygen atoms in total. The van der Waals surface area contributed by atoms with Crippen LogP contribution in [0.1, 0.15) is 85.0 Å². The summed E-state index contributed by atoms with van der Waals surface area (Å²) in [6, 6.07) is 0. The highest BCUT2D eigenvalue weighted by molar-refractivity contribution is 4.82. The maximum absolute atomic E-state index is 2.32.